The van der Waals surface area contributed by atoms with E-state index in [4.69, 9.17) is 0 Å². The molecule has 4 rings (SSSR count). The summed E-state index contributed by atoms with van der Waals surface area (Å²) in [6, 6.07) is 3.82. The molecule has 0 N–H and O–H groups in total. The molecule has 188 valence electrons. The topological polar surface area (TPSA) is 29.1 Å². The minimum Gasteiger partial charge on any atom is -1.00 e. The van der Waals surface area contributed by atoms with Gasteiger partial charge in [-0.3, -0.25) is 9.36 Å². The van der Waals surface area contributed by atoms with Crippen LogP contribution in [0.5, 0.6) is 0 Å². The van der Waals surface area contributed by atoms with E-state index in [1.807, 2.05) is 24.8 Å². The smallest absolute Gasteiger partial charge is 0.416 e. The molecule has 1 aliphatic heterocycles. The van der Waals surface area contributed by atoms with Crippen LogP contribution in [0.2, 0.25) is 0 Å². The summed E-state index contributed by atoms with van der Waals surface area (Å²) in [4.78, 5) is 15.7. The van der Waals surface area contributed by atoms with Crippen LogP contribution in [0.25, 0.3) is 12.2 Å². The lowest BCUT2D eigenvalue weighted by Crippen LogP contribution is -3.00. The molecule has 35 heavy (non-hydrogen) atoms. The fraction of sp³-hybridized carbons (Fsp3) is 0.333. The van der Waals surface area contributed by atoms with Crippen molar-refractivity contribution < 1.29 is 41.7 Å². The number of alkyl halides is 3. The Bertz CT molecular complexity index is 1440. The maximum Gasteiger partial charge on any atom is 0.416 e. The van der Waals surface area contributed by atoms with E-state index in [1.165, 1.54) is 40.9 Å². The number of anilines is 1. The van der Waals surface area contributed by atoms with Gasteiger partial charge in [0, 0.05) is 24.9 Å². The van der Waals surface area contributed by atoms with Crippen molar-refractivity contribution in [3.8, 4) is 0 Å². The van der Waals surface area contributed by atoms with E-state index in [1.54, 1.807) is 22.0 Å². The fourth-order valence-corrected chi connectivity index (χ4v) is 7.13. The van der Waals surface area contributed by atoms with Crippen molar-refractivity contribution in [1.82, 2.24) is 4.57 Å². The van der Waals surface area contributed by atoms with Crippen LogP contribution < -0.4 is 48.2 Å². The van der Waals surface area contributed by atoms with Crippen LogP contribution in [0.4, 0.5) is 18.9 Å². The Morgan fingerprint density at radius 2 is 1.86 bits per heavy atom. The summed E-state index contributed by atoms with van der Waals surface area (Å²) >= 11 is 4.49. The van der Waals surface area contributed by atoms with Gasteiger partial charge < -0.3 is 28.9 Å². The lowest BCUT2D eigenvalue weighted by Gasteiger charge is -2.18. The van der Waals surface area contributed by atoms with Gasteiger partial charge in [-0.1, -0.05) is 23.1 Å². The molecule has 1 aromatic carbocycles. The number of allylic oxidation sites excluding steroid dienone is 1. The van der Waals surface area contributed by atoms with E-state index in [-0.39, 0.29) is 29.5 Å². The van der Waals surface area contributed by atoms with E-state index in [0.29, 0.717) is 23.3 Å². The zero-order valence-electron chi connectivity index (χ0n) is 19.6. The molecule has 3 aromatic rings. The highest BCUT2D eigenvalue weighted by atomic mass is 127. The number of thioether (sulfide) groups is 1. The number of fused-ring (bicyclic) bond motifs is 1. The van der Waals surface area contributed by atoms with Crippen molar-refractivity contribution in [1.29, 1.82) is 0 Å². The maximum atomic E-state index is 13.2. The zero-order valence-corrected chi connectivity index (χ0v) is 24.3. The molecular formula is C24H25F3IN3OS3. The molecule has 0 saturated heterocycles. The van der Waals surface area contributed by atoms with Crippen LogP contribution in [0.1, 0.15) is 37.0 Å². The summed E-state index contributed by atoms with van der Waals surface area (Å²) in [6.45, 7) is 9.95. The minimum atomic E-state index is -4.39. The van der Waals surface area contributed by atoms with Crippen molar-refractivity contribution in [3.05, 3.63) is 70.5 Å². The van der Waals surface area contributed by atoms with Gasteiger partial charge in [0.1, 0.15) is 11.2 Å². The van der Waals surface area contributed by atoms with Gasteiger partial charge in [-0.2, -0.15) is 17.7 Å². The number of hydrogen-bond acceptors (Lipinski definition) is 5. The highest BCUT2D eigenvalue weighted by Crippen LogP contribution is 2.47. The largest absolute Gasteiger partial charge is 1.00 e. The molecular weight excluding hydrogens is 626 g/mol. The highest BCUT2D eigenvalue weighted by molar-refractivity contribution is 8.03. The lowest BCUT2D eigenvalue weighted by atomic mass is 10.2. The number of benzene rings is 1. The van der Waals surface area contributed by atoms with Crippen LogP contribution >= 0.6 is 34.4 Å². The van der Waals surface area contributed by atoms with E-state index in [2.05, 4.69) is 29.9 Å². The third kappa shape index (κ3) is 5.57. The molecule has 0 amide bonds. The summed E-state index contributed by atoms with van der Waals surface area (Å²) in [6.07, 6.45) is 1.29. The van der Waals surface area contributed by atoms with Crippen molar-refractivity contribution in [2.45, 2.75) is 51.9 Å². The number of nitrogens with zero attached hydrogens (tertiary/aromatic N) is 3. The molecule has 3 heterocycles. The second kappa shape index (κ2) is 11.2. The summed E-state index contributed by atoms with van der Waals surface area (Å²) in [5.74, 6) is 0. The summed E-state index contributed by atoms with van der Waals surface area (Å²) in [5.41, 5.74) is 1.01. The molecule has 0 bridgehead atoms. The normalized spacial score (nSPS) is 15.7. The summed E-state index contributed by atoms with van der Waals surface area (Å²) in [5, 5.41) is 4.00. The molecule has 11 heteroatoms. The van der Waals surface area contributed by atoms with Crippen molar-refractivity contribution in [3.63, 3.8) is 0 Å². The number of hydrogen-bond donors (Lipinski definition) is 0. The molecule has 2 aromatic heterocycles. The Hall–Kier alpha value is -1.57. The molecule has 0 saturated carbocycles. The SMILES string of the molecule is CCN1/C(=C/C=c2\s/c(=C/c3scc(C)[n+]3CC)n(CC)c2=O)Sc2ccc(C(F)(F)F)cc21.[I-]. The van der Waals surface area contributed by atoms with Crippen molar-refractivity contribution in [2.24, 2.45) is 0 Å². The van der Waals surface area contributed by atoms with Gasteiger partial charge in [-0.25, -0.2) is 0 Å². The summed E-state index contributed by atoms with van der Waals surface area (Å²) in [7, 11) is 0. The minimum absolute atomic E-state index is 0. The van der Waals surface area contributed by atoms with Crippen LogP contribution in [-0.4, -0.2) is 11.1 Å². The Labute approximate surface area is 231 Å². The molecule has 0 aliphatic carbocycles. The maximum absolute atomic E-state index is 13.2. The van der Waals surface area contributed by atoms with Crippen LogP contribution in [-0.2, 0) is 19.3 Å². The first-order chi connectivity index (χ1) is 16.2. The zero-order chi connectivity index (χ0) is 24.6. The highest BCUT2D eigenvalue weighted by Gasteiger charge is 2.33. The summed E-state index contributed by atoms with van der Waals surface area (Å²) < 4.78 is 45.0. The Balaban J connectivity index is 0.00000342. The lowest BCUT2D eigenvalue weighted by molar-refractivity contribution is -0.696. The van der Waals surface area contributed by atoms with Gasteiger partial charge in [-0.05, 0) is 51.1 Å². The van der Waals surface area contributed by atoms with Gasteiger partial charge in [0.2, 0.25) is 0 Å². The number of rotatable bonds is 5. The number of aromatic nitrogens is 2. The molecule has 4 nitrogen and oxygen atoms in total. The van der Waals surface area contributed by atoms with Crippen LogP contribution in [0, 0.1) is 6.92 Å². The van der Waals surface area contributed by atoms with E-state index < -0.39 is 11.7 Å². The van der Waals surface area contributed by atoms with Crippen molar-refractivity contribution in [2.75, 3.05) is 11.4 Å². The quantitative estimate of drug-likeness (QED) is 0.311. The van der Waals surface area contributed by atoms with Gasteiger partial charge in [0.15, 0.2) is 5.69 Å². The monoisotopic (exact) mass is 651 g/mol. The third-order valence-electron chi connectivity index (χ3n) is 5.61. The number of thiazole rings is 2. The fourth-order valence-electron chi connectivity index (χ4n) is 3.90. The molecule has 0 radical (unpaired) electrons. The van der Waals surface area contributed by atoms with Gasteiger partial charge in [0.05, 0.1) is 32.3 Å². The molecule has 1 aliphatic rings. The second-order valence-corrected chi connectivity index (χ2v) is 10.7. The first kappa shape index (κ1) is 28.0. The average molecular weight is 652 g/mol. The average Bonchev–Trinajstić information content (AvgIpc) is 3.43. The molecule has 0 atom stereocenters. The Kier molecular flexibility index (Phi) is 8.98. The van der Waals surface area contributed by atoms with E-state index in [0.717, 1.165) is 32.2 Å². The van der Waals surface area contributed by atoms with E-state index in [9.17, 15) is 18.0 Å². The van der Waals surface area contributed by atoms with Gasteiger partial charge >= 0.3 is 6.18 Å². The molecule has 0 unspecified atom stereocenters. The predicted octanol–water partition coefficient (Wildman–Crippen LogP) is 1.71. The first-order valence-corrected chi connectivity index (χ1v) is 13.5. The molecule has 0 fully saturated rings. The van der Waals surface area contributed by atoms with Crippen molar-refractivity contribution >= 4 is 52.3 Å². The third-order valence-corrected chi connectivity index (χ3v) is 8.86. The van der Waals surface area contributed by atoms with Crippen LogP contribution in [0.15, 0.2) is 44.4 Å². The first-order valence-electron chi connectivity index (χ1n) is 11.0. The standard InChI is InChI=1S/C24H25F3N3OS3.HI/c1-5-28-15(4)14-32-21(28)13-22-30(7-3)23(31)19(34-22)10-11-20-29(6-2)17-12-16(24(25,26)27)8-9-18(17)33-20;/h8-14H,5-7H2,1-4H3;1H/q+1;/p-1/b19-10-,20-11-;. The predicted molar refractivity (Wildman–Crippen MR) is 135 cm³/mol. The second-order valence-electron chi connectivity index (χ2n) is 7.66. The van der Waals surface area contributed by atoms with Gasteiger partial charge in [0.25, 0.3) is 10.6 Å². The molecule has 0 spiro atoms. The Morgan fingerprint density at radius 3 is 2.49 bits per heavy atom. The van der Waals surface area contributed by atoms with Gasteiger partial charge in [-0.15, -0.1) is 11.3 Å². The number of aryl methyl sites for hydroxylation is 1. The number of halogens is 4. The van der Waals surface area contributed by atoms with E-state index >= 15 is 0 Å². The van der Waals surface area contributed by atoms with Crippen LogP contribution in [0.3, 0.4) is 0 Å². The Morgan fingerprint density at radius 1 is 1.11 bits per heavy atom.